The molecule has 0 aromatic heterocycles. The third-order valence-electron chi connectivity index (χ3n) is 2.91. The lowest BCUT2D eigenvalue weighted by Crippen LogP contribution is -2.43. The molecule has 0 spiro atoms. The molecule has 82 valence electrons. The van der Waals surface area contributed by atoms with E-state index in [2.05, 4.69) is 5.32 Å². The van der Waals surface area contributed by atoms with Crippen LogP contribution in [0.1, 0.15) is 17.9 Å². The molecule has 0 bridgehead atoms. The molecule has 2 atom stereocenters. The quantitative estimate of drug-likeness (QED) is 0.737. The van der Waals surface area contributed by atoms with Crippen molar-refractivity contribution in [2.45, 2.75) is 18.4 Å². The van der Waals surface area contributed by atoms with Crippen LogP contribution >= 0.6 is 0 Å². The van der Waals surface area contributed by atoms with Crippen LogP contribution in [0.25, 0.3) is 0 Å². The van der Waals surface area contributed by atoms with Crippen LogP contribution in [-0.2, 0) is 0 Å². The predicted octanol–water partition coefficient (Wildman–Crippen LogP) is 1.37. The number of hydrogen-bond acceptors (Lipinski definition) is 2. The molecule has 1 fully saturated rings. The van der Waals surface area contributed by atoms with E-state index in [1.54, 1.807) is 6.07 Å². The number of piperidine rings is 1. The average molecular weight is 212 g/mol. The Morgan fingerprint density at radius 2 is 2.07 bits per heavy atom. The zero-order valence-corrected chi connectivity index (χ0v) is 8.34. The number of rotatable bonds is 1. The van der Waals surface area contributed by atoms with E-state index in [0.717, 1.165) is 31.1 Å². The molecule has 1 aliphatic rings. The number of halogens is 2. The van der Waals surface area contributed by atoms with E-state index >= 15 is 0 Å². The van der Waals surface area contributed by atoms with Gasteiger partial charge in [0.05, 0.1) is 0 Å². The van der Waals surface area contributed by atoms with E-state index in [1.165, 1.54) is 6.07 Å². The van der Waals surface area contributed by atoms with Crippen molar-refractivity contribution in [2.75, 3.05) is 13.1 Å². The van der Waals surface area contributed by atoms with E-state index in [4.69, 9.17) is 5.73 Å². The highest BCUT2D eigenvalue weighted by molar-refractivity contribution is 5.24. The molecule has 1 heterocycles. The first-order valence-corrected chi connectivity index (χ1v) is 5.09. The third kappa shape index (κ3) is 2.16. The molecular formula is C11H14F2N2. The van der Waals surface area contributed by atoms with Crippen LogP contribution in [-0.4, -0.2) is 19.1 Å². The summed E-state index contributed by atoms with van der Waals surface area (Å²) in [4.78, 5) is 0. The normalized spacial score (nSPS) is 26.6. The Morgan fingerprint density at radius 3 is 2.73 bits per heavy atom. The van der Waals surface area contributed by atoms with Gasteiger partial charge in [0.15, 0.2) is 11.6 Å². The second-order valence-electron chi connectivity index (χ2n) is 3.94. The van der Waals surface area contributed by atoms with Gasteiger partial charge in [0.1, 0.15) is 0 Å². The van der Waals surface area contributed by atoms with Crippen molar-refractivity contribution >= 4 is 0 Å². The zero-order valence-electron chi connectivity index (χ0n) is 8.34. The van der Waals surface area contributed by atoms with Crippen LogP contribution in [0.4, 0.5) is 8.78 Å². The fourth-order valence-electron chi connectivity index (χ4n) is 1.99. The van der Waals surface area contributed by atoms with Crippen LogP contribution < -0.4 is 11.1 Å². The largest absolute Gasteiger partial charge is 0.327 e. The summed E-state index contributed by atoms with van der Waals surface area (Å²) in [6, 6.07) is 4.03. The molecule has 2 nitrogen and oxygen atoms in total. The molecule has 1 aromatic carbocycles. The van der Waals surface area contributed by atoms with E-state index in [-0.39, 0.29) is 12.0 Å². The van der Waals surface area contributed by atoms with Crippen molar-refractivity contribution in [2.24, 2.45) is 5.73 Å². The maximum absolute atomic E-state index is 13.0. The van der Waals surface area contributed by atoms with Crippen molar-refractivity contribution in [3.63, 3.8) is 0 Å². The molecule has 1 saturated heterocycles. The van der Waals surface area contributed by atoms with E-state index in [0.29, 0.717) is 0 Å². The average Bonchev–Trinajstić information content (AvgIpc) is 2.23. The summed E-state index contributed by atoms with van der Waals surface area (Å²) >= 11 is 0. The summed E-state index contributed by atoms with van der Waals surface area (Å²) < 4.78 is 25.8. The Morgan fingerprint density at radius 1 is 1.27 bits per heavy atom. The first kappa shape index (κ1) is 10.5. The van der Waals surface area contributed by atoms with Crippen molar-refractivity contribution in [3.8, 4) is 0 Å². The minimum absolute atomic E-state index is 0.0242. The van der Waals surface area contributed by atoms with Gasteiger partial charge in [-0.2, -0.15) is 0 Å². The lowest BCUT2D eigenvalue weighted by molar-refractivity contribution is 0.400. The summed E-state index contributed by atoms with van der Waals surface area (Å²) in [6.45, 7) is 1.62. The van der Waals surface area contributed by atoms with Gasteiger partial charge in [0.25, 0.3) is 0 Å². The van der Waals surface area contributed by atoms with Gasteiger partial charge in [-0.15, -0.1) is 0 Å². The number of hydrogen-bond donors (Lipinski definition) is 2. The highest BCUT2D eigenvalue weighted by atomic mass is 19.2. The molecule has 1 aliphatic heterocycles. The smallest absolute Gasteiger partial charge is 0.159 e. The molecule has 15 heavy (non-hydrogen) atoms. The number of nitrogens with two attached hydrogens (primary N) is 1. The third-order valence-corrected chi connectivity index (χ3v) is 2.91. The van der Waals surface area contributed by atoms with Gasteiger partial charge >= 0.3 is 0 Å². The fraction of sp³-hybridized carbons (Fsp3) is 0.455. The molecule has 0 amide bonds. The molecule has 1 aromatic rings. The zero-order chi connectivity index (χ0) is 10.8. The molecule has 0 aliphatic carbocycles. The Hall–Kier alpha value is -1.00. The van der Waals surface area contributed by atoms with Crippen molar-refractivity contribution in [1.82, 2.24) is 5.32 Å². The van der Waals surface area contributed by atoms with Crippen molar-refractivity contribution < 1.29 is 8.78 Å². The maximum Gasteiger partial charge on any atom is 0.159 e. The van der Waals surface area contributed by atoms with Gasteiger partial charge in [0.2, 0.25) is 0 Å². The highest BCUT2D eigenvalue weighted by Gasteiger charge is 2.23. The van der Waals surface area contributed by atoms with Crippen LogP contribution in [0.3, 0.4) is 0 Å². The Kier molecular flexibility index (Phi) is 2.98. The molecular weight excluding hydrogens is 198 g/mol. The second kappa shape index (κ2) is 4.24. The first-order chi connectivity index (χ1) is 7.18. The van der Waals surface area contributed by atoms with Gasteiger partial charge in [-0.25, -0.2) is 8.78 Å². The Bertz CT molecular complexity index is 354. The lowest BCUT2D eigenvalue weighted by Gasteiger charge is -2.29. The molecule has 3 N–H and O–H groups in total. The molecule has 2 rings (SSSR count). The van der Waals surface area contributed by atoms with Gasteiger partial charge in [-0.05, 0) is 30.7 Å². The van der Waals surface area contributed by atoms with Gasteiger partial charge in [0, 0.05) is 18.5 Å². The fourth-order valence-corrected chi connectivity index (χ4v) is 1.99. The highest BCUT2D eigenvalue weighted by Crippen LogP contribution is 2.23. The van der Waals surface area contributed by atoms with Gasteiger partial charge in [-0.3, -0.25) is 0 Å². The molecule has 0 radical (unpaired) electrons. The summed E-state index contributed by atoms with van der Waals surface area (Å²) in [5, 5.41) is 3.20. The van der Waals surface area contributed by atoms with Gasteiger partial charge in [-0.1, -0.05) is 6.07 Å². The molecule has 2 unspecified atom stereocenters. The van der Waals surface area contributed by atoms with Crippen molar-refractivity contribution in [1.29, 1.82) is 0 Å². The monoisotopic (exact) mass is 212 g/mol. The SMILES string of the molecule is NC1CCNCC1c1ccc(F)c(F)c1. The summed E-state index contributed by atoms with van der Waals surface area (Å²) in [7, 11) is 0. The molecule has 0 saturated carbocycles. The van der Waals surface area contributed by atoms with Crippen molar-refractivity contribution in [3.05, 3.63) is 35.4 Å². The van der Waals surface area contributed by atoms with E-state index < -0.39 is 11.6 Å². The van der Waals surface area contributed by atoms with Gasteiger partial charge < -0.3 is 11.1 Å². The second-order valence-corrected chi connectivity index (χ2v) is 3.94. The standard InChI is InChI=1S/C11H14F2N2/c12-9-2-1-7(5-10(9)13)8-6-15-4-3-11(8)14/h1-2,5,8,11,15H,3-4,6,14H2. The predicted molar refractivity (Wildman–Crippen MR) is 54.6 cm³/mol. The van der Waals surface area contributed by atoms with E-state index in [9.17, 15) is 8.78 Å². The number of benzene rings is 1. The maximum atomic E-state index is 13.0. The summed E-state index contributed by atoms with van der Waals surface area (Å²) in [5.41, 5.74) is 6.71. The minimum atomic E-state index is -0.809. The first-order valence-electron chi connectivity index (χ1n) is 5.09. The minimum Gasteiger partial charge on any atom is -0.327 e. The Balaban J connectivity index is 2.24. The lowest BCUT2D eigenvalue weighted by atomic mass is 9.87. The van der Waals surface area contributed by atoms with Crippen LogP contribution in [0.15, 0.2) is 18.2 Å². The van der Waals surface area contributed by atoms with Crippen LogP contribution in [0.2, 0.25) is 0 Å². The molecule has 4 heteroatoms. The topological polar surface area (TPSA) is 38.0 Å². The Labute approximate surface area is 87.5 Å². The summed E-state index contributed by atoms with van der Waals surface area (Å²) in [5.74, 6) is -1.53. The summed E-state index contributed by atoms with van der Waals surface area (Å²) in [6.07, 6.45) is 0.865. The van der Waals surface area contributed by atoms with Crippen LogP contribution in [0, 0.1) is 11.6 Å². The van der Waals surface area contributed by atoms with E-state index in [1.807, 2.05) is 0 Å². The van der Waals surface area contributed by atoms with Crippen LogP contribution in [0.5, 0.6) is 0 Å². The number of nitrogens with one attached hydrogen (secondary N) is 1.